The monoisotopic (exact) mass is 594 g/mol. The summed E-state index contributed by atoms with van der Waals surface area (Å²) < 4.78 is 0. The predicted octanol–water partition coefficient (Wildman–Crippen LogP) is 11.5. The van der Waals surface area contributed by atoms with Crippen LogP contribution in [0.1, 0.15) is 22.3 Å². The third-order valence-corrected chi connectivity index (χ3v) is 8.93. The van der Waals surface area contributed by atoms with Crippen LogP contribution in [0.5, 0.6) is 0 Å². The second-order valence-corrected chi connectivity index (χ2v) is 12.3. The van der Waals surface area contributed by atoms with Crippen molar-refractivity contribution in [1.82, 2.24) is 9.97 Å². The minimum atomic E-state index is 0.890. The summed E-state index contributed by atoms with van der Waals surface area (Å²) in [5.74, 6) is 1.78. The lowest BCUT2D eigenvalue weighted by Gasteiger charge is -2.28. The molecule has 0 saturated carbocycles. The molecule has 0 unspecified atom stereocenters. The average Bonchev–Trinajstić information content (AvgIpc) is 3.08. The van der Waals surface area contributed by atoms with Crippen molar-refractivity contribution in [3.63, 3.8) is 0 Å². The highest BCUT2D eigenvalue weighted by molar-refractivity contribution is 6.28. The molecule has 2 aromatic heterocycles. The maximum atomic E-state index is 4.89. The van der Waals surface area contributed by atoms with Gasteiger partial charge in [0.05, 0.1) is 11.4 Å². The molecule has 0 fully saturated rings. The Hall–Kier alpha value is -5.74. The second-order valence-electron chi connectivity index (χ2n) is 12.3. The van der Waals surface area contributed by atoms with E-state index >= 15 is 0 Å². The number of hydrogen-bond acceptors (Lipinski definition) is 4. The number of benzene rings is 6. The molecule has 0 aliphatic carbocycles. The molecule has 4 heteroatoms. The van der Waals surface area contributed by atoms with Crippen molar-refractivity contribution in [2.45, 2.75) is 27.7 Å². The molecule has 0 saturated heterocycles. The van der Waals surface area contributed by atoms with Crippen molar-refractivity contribution in [2.24, 2.45) is 0 Å². The van der Waals surface area contributed by atoms with Gasteiger partial charge in [-0.15, -0.1) is 0 Å². The molecule has 0 amide bonds. The summed E-state index contributed by atoms with van der Waals surface area (Å²) >= 11 is 0. The smallest absolute Gasteiger partial charge is 0.137 e. The number of aryl methyl sites for hydroxylation is 4. The standard InChI is InChI=1S/C42H34N4/c1-27-5-15-33(16-6-27)45(39-23-9-29(3)25-43-39)37-21-13-31-12-20-36-38(22-14-32-11-19-35(37)41(31)42(32)36)46(34-17-7-28(2)8-18-34)40-24-10-30(4)26-44-40/h5-26H,1-4H3. The van der Waals surface area contributed by atoms with Gasteiger partial charge in [-0.3, -0.25) is 9.80 Å². The molecule has 222 valence electrons. The van der Waals surface area contributed by atoms with Crippen LogP contribution in [0.2, 0.25) is 0 Å². The van der Waals surface area contributed by atoms with Crippen LogP contribution in [0.15, 0.2) is 134 Å². The van der Waals surface area contributed by atoms with E-state index < -0.39 is 0 Å². The SMILES string of the molecule is Cc1ccc(N(c2ccc(C)cn2)c2ccc3ccc4c(N(c5ccc(C)cc5)c5ccc(C)cn5)ccc5ccc2c3c54)cc1. The number of aromatic nitrogens is 2. The fraction of sp³-hybridized carbons (Fsp3) is 0.0952. The zero-order valence-corrected chi connectivity index (χ0v) is 26.5. The molecule has 0 N–H and O–H groups in total. The summed E-state index contributed by atoms with van der Waals surface area (Å²) in [6.07, 6.45) is 3.88. The lowest BCUT2D eigenvalue weighted by atomic mass is 9.92. The fourth-order valence-corrected chi connectivity index (χ4v) is 6.52. The van der Waals surface area contributed by atoms with Crippen molar-refractivity contribution in [1.29, 1.82) is 0 Å². The summed E-state index contributed by atoms with van der Waals surface area (Å²) in [5.41, 5.74) is 9.08. The zero-order valence-electron chi connectivity index (χ0n) is 26.5. The van der Waals surface area contributed by atoms with E-state index in [0.717, 1.165) is 45.5 Å². The maximum absolute atomic E-state index is 4.89. The quantitative estimate of drug-likeness (QED) is 0.179. The van der Waals surface area contributed by atoms with Gasteiger partial charge in [-0.25, -0.2) is 9.97 Å². The summed E-state index contributed by atoms with van der Waals surface area (Å²) in [6.45, 7) is 8.40. The number of pyridine rings is 2. The molecule has 8 rings (SSSR count). The first kappa shape index (κ1) is 27.8. The van der Waals surface area contributed by atoms with Crippen molar-refractivity contribution in [2.75, 3.05) is 9.80 Å². The summed E-state index contributed by atoms with van der Waals surface area (Å²) in [4.78, 5) is 14.3. The molecule has 6 aromatic carbocycles. The Balaban J connectivity index is 1.40. The highest BCUT2D eigenvalue weighted by atomic mass is 15.2. The summed E-state index contributed by atoms with van der Waals surface area (Å²) in [5, 5.41) is 7.30. The van der Waals surface area contributed by atoms with Gasteiger partial charge in [-0.05, 0) is 109 Å². The van der Waals surface area contributed by atoms with E-state index in [4.69, 9.17) is 9.97 Å². The van der Waals surface area contributed by atoms with Crippen LogP contribution in [-0.4, -0.2) is 9.97 Å². The third-order valence-electron chi connectivity index (χ3n) is 8.93. The van der Waals surface area contributed by atoms with E-state index in [2.05, 4.69) is 159 Å². The number of nitrogens with zero attached hydrogens (tertiary/aromatic N) is 4. The summed E-state index contributed by atoms with van der Waals surface area (Å²) in [7, 11) is 0. The first-order valence-electron chi connectivity index (χ1n) is 15.7. The van der Waals surface area contributed by atoms with Crippen LogP contribution in [0.3, 0.4) is 0 Å². The van der Waals surface area contributed by atoms with Gasteiger partial charge in [0.2, 0.25) is 0 Å². The molecule has 0 bridgehead atoms. The molecule has 0 aliphatic rings. The van der Waals surface area contributed by atoms with Crippen LogP contribution >= 0.6 is 0 Å². The Morgan fingerprint density at radius 3 is 1.11 bits per heavy atom. The van der Waals surface area contributed by atoms with E-state index in [1.807, 2.05) is 12.4 Å². The predicted molar refractivity (Wildman–Crippen MR) is 194 cm³/mol. The van der Waals surface area contributed by atoms with Gasteiger partial charge in [0.1, 0.15) is 11.6 Å². The lowest BCUT2D eigenvalue weighted by Crippen LogP contribution is -2.13. The Kier molecular flexibility index (Phi) is 6.65. The average molecular weight is 595 g/mol. The van der Waals surface area contributed by atoms with Gasteiger partial charge in [0.25, 0.3) is 0 Å². The Labute approximate surface area is 269 Å². The number of hydrogen-bond donors (Lipinski definition) is 0. The number of anilines is 6. The van der Waals surface area contributed by atoms with Gasteiger partial charge >= 0.3 is 0 Å². The second kappa shape index (κ2) is 11.0. The van der Waals surface area contributed by atoms with Crippen molar-refractivity contribution in [3.05, 3.63) is 156 Å². The van der Waals surface area contributed by atoms with Gasteiger partial charge in [0, 0.05) is 34.5 Å². The Bertz CT molecular complexity index is 2060. The molecule has 0 atom stereocenters. The van der Waals surface area contributed by atoms with Crippen LogP contribution in [0.4, 0.5) is 34.4 Å². The molecular formula is C42H34N4. The maximum Gasteiger partial charge on any atom is 0.137 e. The fourth-order valence-electron chi connectivity index (χ4n) is 6.52. The van der Waals surface area contributed by atoms with E-state index in [9.17, 15) is 0 Å². The molecule has 0 radical (unpaired) electrons. The molecule has 2 heterocycles. The molecule has 0 spiro atoms. The highest BCUT2D eigenvalue weighted by Gasteiger charge is 2.22. The zero-order chi connectivity index (χ0) is 31.4. The van der Waals surface area contributed by atoms with Crippen LogP contribution in [-0.2, 0) is 0 Å². The van der Waals surface area contributed by atoms with E-state index in [-0.39, 0.29) is 0 Å². The van der Waals surface area contributed by atoms with Gasteiger partial charge in [-0.2, -0.15) is 0 Å². The van der Waals surface area contributed by atoms with Crippen LogP contribution in [0.25, 0.3) is 32.3 Å². The topological polar surface area (TPSA) is 32.3 Å². The van der Waals surface area contributed by atoms with Crippen molar-refractivity contribution < 1.29 is 0 Å². The Morgan fingerprint density at radius 2 is 0.739 bits per heavy atom. The minimum absolute atomic E-state index is 0.890. The highest BCUT2D eigenvalue weighted by Crippen LogP contribution is 2.46. The Morgan fingerprint density at radius 1 is 0.370 bits per heavy atom. The lowest BCUT2D eigenvalue weighted by molar-refractivity contribution is 1.17. The van der Waals surface area contributed by atoms with E-state index in [0.29, 0.717) is 0 Å². The minimum Gasteiger partial charge on any atom is -0.294 e. The largest absolute Gasteiger partial charge is 0.294 e. The molecule has 46 heavy (non-hydrogen) atoms. The summed E-state index contributed by atoms with van der Waals surface area (Å²) in [6, 6.07) is 43.9. The van der Waals surface area contributed by atoms with Crippen LogP contribution in [0, 0.1) is 27.7 Å². The third kappa shape index (κ3) is 4.70. The van der Waals surface area contributed by atoms with Crippen LogP contribution < -0.4 is 9.80 Å². The van der Waals surface area contributed by atoms with Gasteiger partial charge < -0.3 is 0 Å². The molecule has 4 nitrogen and oxygen atoms in total. The molecule has 8 aromatic rings. The first-order valence-corrected chi connectivity index (χ1v) is 15.7. The number of rotatable bonds is 6. The van der Waals surface area contributed by atoms with Crippen molar-refractivity contribution in [3.8, 4) is 0 Å². The molecule has 0 aliphatic heterocycles. The van der Waals surface area contributed by atoms with Gasteiger partial charge in [-0.1, -0.05) is 83.9 Å². The molecular weight excluding hydrogens is 560 g/mol. The van der Waals surface area contributed by atoms with E-state index in [1.165, 1.54) is 43.4 Å². The normalized spacial score (nSPS) is 11.5. The van der Waals surface area contributed by atoms with Crippen molar-refractivity contribution >= 4 is 66.7 Å². The first-order chi connectivity index (χ1) is 22.4. The van der Waals surface area contributed by atoms with E-state index in [1.54, 1.807) is 0 Å². The van der Waals surface area contributed by atoms with Gasteiger partial charge in [0.15, 0.2) is 0 Å².